The molecule has 2 rings (SSSR count). The number of carbonyl (C=O) groups is 1. The molecule has 21 heavy (non-hydrogen) atoms. The van der Waals surface area contributed by atoms with Crippen LogP contribution in [-0.4, -0.2) is 5.24 Å². The Bertz CT molecular complexity index is 606. The van der Waals surface area contributed by atoms with E-state index < -0.39 is 5.41 Å². The molecule has 0 fully saturated rings. The van der Waals surface area contributed by atoms with Gasteiger partial charge >= 0.3 is 0 Å². The van der Waals surface area contributed by atoms with E-state index in [2.05, 4.69) is 32.9 Å². The van der Waals surface area contributed by atoms with Gasteiger partial charge in [0, 0.05) is 6.42 Å². The molecule has 0 aliphatic heterocycles. The van der Waals surface area contributed by atoms with Gasteiger partial charge in [0.1, 0.15) is 5.76 Å². The molecule has 2 aromatic rings. The Morgan fingerprint density at radius 1 is 1.05 bits per heavy atom. The van der Waals surface area contributed by atoms with Crippen LogP contribution in [0.5, 0.6) is 0 Å². The molecule has 0 saturated heterocycles. The molecule has 2 nitrogen and oxygen atoms in total. The van der Waals surface area contributed by atoms with E-state index >= 15 is 0 Å². The van der Waals surface area contributed by atoms with Crippen molar-refractivity contribution in [2.24, 2.45) is 0 Å². The number of hydrogen-bond acceptors (Lipinski definition) is 2. The fourth-order valence-corrected chi connectivity index (χ4v) is 2.56. The summed E-state index contributed by atoms with van der Waals surface area (Å²) in [6.07, 6.45) is 2.06. The molecular formula is C18H21ClO2. The molecule has 1 unspecified atom stereocenters. The number of benzene rings is 1. The van der Waals surface area contributed by atoms with Crippen LogP contribution in [0.15, 0.2) is 47.1 Å². The van der Waals surface area contributed by atoms with Crippen molar-refractivity contribution < 1.29 is 9.21 Å². The highest BCUT2D eigenvalue weighted by atomic mass is 35.5. The average molecular weight is 305 g/mol. The maximum absolute atomic E-state index is 12.0. The van der Waals surface area contributed by atoms with E-state index in [0.717, 1.165) is 11.3 Å². The first-order valence-electron chi connectivity index (χ1n) is 7.07. The zero-order valence-electron chi connectivity index (χ0n) is 12.9. The van der Waals surface area contributed by atoms with Crippen LogP contribution in [0.4, 0.5) is 0 Å². The molecule has 3 heteroatoms. The van der Waals surface area contributed by atoms with Crippen LogP contribution in [0.2, 0.25) is 0 Å². The van der Waals surface area contributed by atoms with Gasteiger partial charge in [-0.15, -0.1) is 0 Å². The Balaban J connectivity index is 2.36. The summed E-state index contributed by atoms with van der Waals surface area (Å²) in [6.45, 7) is 8.35. The minimum Gasteiger partial charge on any atom is -0.469 e. The fraction of sp³-hybridized carbons (Fsp3) is 0.389. The molecule has 0 aliphatic rings. The standard InChI is InChI=1S/C18H21ClO2/c1-17(2,3)13-7-9-14(10-8-13)18(4,16(19)20)12-15-6-5-11-21-15/h5-11H,12H2,1-4H3. The van der Waals surface area contributed by atoms with Crippen molar-refractivity contribution in [3.63, 3.8) is 0 Å². The van der Waals surface area contributed by atoms with Crippen molar-refractivity contribution in [1.82, 2.24) is 0 Å². The third kappa shape index (κ3) is 3.38. The molecule has 0 spiro atoms. The summed E-state index contributed by atoms with van der Waals surface area (Å²) in [5.74, 6) is 0.756. The lowest BCUT2D eigenvalue weighted by Gasteiger charge is -2.26. The van der Waals surface area contributed by atoms with Crippen LogP contribution in [0.1, 0.15) is 44.6 Å². The van der Waals surface area contributed by atoms with Gasteiger partial charge in [0.25, 0.3) is 0 Å². The smallest absolute Gasteiger partial charge is 0.232 e. The molecule has 1 heterocycles. The maximum atomic E-state index is 12.0. The van der Waals surface area contributed by atoms with E-state index in [1.807, 2.05) is 31.2 Å². The van der Waals surface area contributed by atoms with Gasteiger partial charge < -0.3 is 4.42 Å². The summed E-state index contributed by atoms with van der Waals surface area (Å²) >= 11 is 5.89. The minimum absolute atomic E-state index is 0.0842. The van der Waals surface area contributed by atoms with Crippen LogP contribution in [-0.2, 0) is 22.0 Å². The largest absolute Gasteiger partial charge is 0.469 e. The predicted molar refractivity (Wildman–Crippen MR) is 85.8 cm³/mol. The topological polar surface area (TPSA) is 30.2 Å². The van der Waals surface area contributed by atoms with E-state index in [1.165, 1.54) is 5.56 Å². The lowest BCUT2D eigenvalue weighted by Crippen LogP contribution is -2.31. The van der Waals surface area contributed by atoms with Gasteiger partial charge in [0.2, 0.25) is 5.24 Å². The monoisotopic (exact) mass is 304 g/mol. The first kappa shape index (κ1) is 15.8. The quantitative estimate of drug-likeness (QED) is 0.756. The normalized spacial score (nSPS) is 14.7. The fourth-order valence-electron chi connectivity index (χ4n) is 2.38. The van der Waals surface area contributed by atoms with E-state index in [9.17, 15) is 4.79 Å². The summed E-state index contributed by atoms with van der Waals surface area (Å²) < 4.78 is 5.37. The van der Waals surface area contributed by atoms with Crippen molar-refractivity contribution in [3.8, 4) is 0 Å². The average Bonchev–Trinajstić information content (AvgIpc) is 2.90. The van der Waals surface area contributed by atoms with E-state index in [4.69, 9.17) is 16.0 Å². The molecule has 0 bridgehead atoms. The van der Waals surface area contributed by atoms with Gasteiger partial charge in [0.05, 0.1) is 11.7 Å². The number of furan rings is 1. The van der Waals surface area contributed by atoms with Crippen LogP contribution >= 0.6 is 11.6 Å². The van der Waals surface area contributed by atoms with Crippen molar-refractivity contribution in [3.05, 3.63) is 59.5 Å². The van der Waals surface area contributed by atoms with Crippen LogP contribution in [0.25, 0.3) is 0 Å². The number of carbonyl (C=O) groups excluding carboxylic acids is 1. The van der Waals surface area contributed by atoms with Crippen molar-refractivity contribution >= 4 is 16.8 Å². The van der Waals surface area contributed by atoms with Gasteiger partial charge in [-0.1, -0.05) is 45.0 Å². The minimum atomic E-state index is -0.782. The number of halogens is 1. The Morgan fingerprint density at radius 2 is 1.62 bits per heavy atom. The highest BCUT2D eigenvalue weighted by Crippen LogP contribution is 2.32. The second kappa shape index (κ2) is 5.69. The molecule has 1 aromatic heterocycles. The lowest BCUT2D eigenvalue weighted by atomic mass is 9.78. The first-order valence-corrected chi connectivity index (χ1v) is 7.44. The number of rotatable bonds is 4. The maximum Gasteiger partial charge on any atom is 0.232 e. The van der Waals surface area contributed by atoms with Gasteiger partial charge in [-0.25, -0.2) is 0 Å². The highest BCUT2D eigenvalue weighted by molar-refractivity contribution is 6.65. The molecule has 0 radical (unpaired) electrons. The molecule has 0 N–H and O–H groups in total. The Kier molecular flexibility index (Phi) is 4.29. The summed E-state index contributed by atoms with van der Waals surface area (Å²) in [4.78, 5) is 12.0. The van der Waals surface area contributed by atoms with Gasteiger partial charge in [-0.05, 0) is 47.2 Å². The molecule has 0 amide bonds. The molecular weight excluding hydrogens is 284 g/mol. The highest BCUT2D eigenvalue weighted by Gasteiger charge is 2.35. The molecule has 1 aromatic carbocycles. The van der Waals surface area contributed by atoms with E-state index in [1.54, 1.807) is 6.26 Å². The third-order valence-electron chi connectivity index (χ3n) is 3.93. The Labute approximate surface area is 131 Å². The SMILES string of the molecule is CC(C)(C)c1ccc(C(C)(Cc2ccco2)C(=O)Cl)cc1. The van der Waals surface area contributed by atoms with Gasteiger partial charge in [-0.2, -0.15) is 0 Å². The molecule has 112 valence electrons. The lowest BCUT2D eigenvalue weighted by molar-refractivity contribution is -0.116. The first-order chi connectivity index (χ1) is 9.73. The summed E-state index contributed by atoms with van der Waals surface area (Å²) in [5.41, 5.74) is 1.44. The zero-order valence-corrected chi connectivity index (χ0v) is 13.7. The predicted octanol–water partition coefficient (Wildman–Crippen LogP) is 4.84. The Morgan fingerprint density at radius 3 is 2.05 bits per heavy atom. The van der Waals surface area contributed by atoms with Crippen LogP contribution < -0.4 is 0 Å². The van der Waals surface area contributed by atoms with Crippen molar-refractivity contribution in [1.29, 1.82) is 0 Å². The molecule has 0 aliphatic carbocycles. The summed E-state index contributed by atoms with van der Waals surface area (Å²) in [5, 5.41) is -0.373. The second-order valence-corrected chi connectivity index (χ2v) is 7.03. The van der Waals surface area contributed by atoms with Crippen LogP contribution in [0.3, 0.4) is 0 Å². The van der Waals surface area contributed by atoms with Crippen molar-refractivity contribution in [2.45, 2.75) is 44.9 Å². The van der Waals surface area contributed by atoms with Crippen LogP contribution in [0, 0.1) is 0 Å². The van der Waals surface area contributed by atoms with Crippen molar-refractivity contribution in [2.75, 3.05) is 0 Å². The second-order valence-electron chi connectivity index (χ2n) is 6.69. The Hall–Kier alpha value is -1.54. The number of hydrogen-bond donors (Lipinski definition) is 0. The van der Waals surface area contributed by atoms with Gasteiger partial charge in [0.15, 0.2) is 0 Å². The molecule has 1 atom stereocenters. The van der Waals surface area contributed by atoms with E-state index in [0.29, 0.717) is 6.42 Å². The third-order valence-corrected chi connectivity index (χ3v) is 4.35. The summed E-state index contributed by atoms with van der Waals surface area (Å²) in [6, 6.07) is 11.8. The molecule has 0 saturated carbocycles. The van der Waals surface area contributed by atoms with Gasteiger partial charge in [-0.3, -0.25) is 4.79 Å². The van der Waals surface area contributed by atoms with E-state index in [-0.39, 0.29) is 10.7 Å². The summed E-state index contributed by atoms with van der Waals surface area (Å²) in [7, 11) is 0. The zero-order chi connectivity index (χ0) is 15.7.